The molecule has 0 spiro atoms. The average Bonchev–Trinajstić information content (AvgIpc) is 2.85. The van der Waals surface area contributed by atoms with Crippen LogP contribution >= 0.6 is 11.8 Å². The van der Waals surface area contributed by atoms with Gasteiger partial charge in [-0.2, -0.15) is 5.26 Å². The third kappa shape index (κ3) is 4.31. The van der Waals surface area contributed by atoms with Crippen LogP contribution < -0.4 is 5.32 Å². The third-order valence-corrected chi connectivity index (χ3v) is 4.05. The highest BCUT2D eigenvalue weighted by Crippen LogP contribution is 2.28. The van der Waals surface area contributed by atoms with Crippen LogP contribution in [0.15, 0.2) is 34.6 Å². The van der Waals surface area contributed by atoms with Crippen LogP contribution in [0.3, 0.4) is 0 Å². The number of nitrogens with one attached hydrogen (secondary N) is 1. The van der Waals surface area contributed by atoms with E-state index in [1.165, 1.54) is 11.8 Å². The summed E-state index contributed by atoms with van der Waals surface area (Å²) in [5, 5.41) is 21.4. The van der Waals surface area contributed by atoms with E-state index in [9.17, 15) is 5.26 Å². The summed E-state index contributed by atoms with van der Waals surface area (Å²) in [6.07, 6.45) is 1.65. The number of hydrogen-bond donors (Lipinski definition) is 1. The Kier molecular flexibility index (Phi) is 5.37. The maximum Gasteiger partial charge on any atom is 0.195 e. The Morgan fingerprint density at radius 3 is 2.86 bits per heavy atom. The lowest BCUT2D eigenvalue weighted by Gasteiger charge is -2.09. The Morgan fingerprint density at radius 1 is 1.43 bits per heavy atom. The maximum absolute atomic E-state index is 9.33. The molecule has 1 aromatic carbocycles. The van der Waals surface area contributed by atoms with Crippen molar-refractivity contribution in [1.82, 2.24) is 20.1 Å². The predicted octanol–water partition coefficient (Wildman–Crippen LogP) is 2.58. The van der Waals surface area contributed by atoms with Gasteiger partial charge in [0.15, 0.2) is 5.16 Å². The molecular weight excluding hydrogens is 282 g/mol. The van der Waals surface area contributed by atoms with Crippen molar-refractivity contribution < 1.29 is 0 Å². The predicted molar refractivity (Wildman–Crippen MR) is 82.8 cm³/mol. The highest BCUT2D eigenvalue weighted by atomic mass is 32.2. The Bertz CT molecular complexity index is 642. The second kappa shape index (κ2) is 7.25. The van der Waals surface area contributed by atoms with Gasteiger partial charge < -0.3 is 9.88 Å². The van der Waals surface area contributed by atoms with Crippen LogP contribution in [0.2, 0.25) is 0 Å². The van der Waals surface area contributed by atoms with Gasteiger partial charge in [-0.15, -0.1) is 10.2 Å². The highest BCUT2D eigenvalue weighted by Gasteiger charge is 2.09. The normalized spacial score (nSPS) is 10.8. The molecule has 0 aliphatic heterocycles. The molecule has 21 heavy (non-hydrogen) atoms. The number of nitriles is 1. The van der Waals surface area contributed by atoms with Gasteiger partial charge in [0, 0.05) is 18.5 Å². The lowest BCUT2D eigenvalue weighted by atomic mass is 10.1. The molecule has 0 fully saturated rings. The van der Waals surface area contributed by atoms with E-state index in [0.29, 0.717) is 11.5 Å². The smallest absolute Gasteiger partial charge is 0.195 e. The first-order chi connectivity index (χ1) is 10.1. The van der Waals surface area contributed by atoms with E-state index in [0.717, 1.165) is 28.7 Å². The number of hydrogen-bond acceptors (Lipinski definition) is 5. The molecule has 2 aromatic rings. The summed E-state index contributed by atoms with van der Waals surface area (Å²) in [5.74, 6) is 0.617. The summed E-state index contributed by atoms with van der Waals surface area (Å²) in [6.45, 7) is 6.10. The van der Waals surface area contributed by atoms with E-state index < -0.39 is 0 Å². The minimum Gasteiger partial charge on any atom is -0.312 e. The zero-order chi connectivity index (χ0) is 15.2. The first-order valence-electron chi connectivity index (χ1n) is 6.85. The number of aromatic nitrogens is 3. The Labute approximate surface area is 129 Å². The van der Waals surface area contributed by atoms with Gasteiger partial charge in [-0.25, -0.2) is 0 Å². The molecule has 0 bridgehead atoms. The van der Waals surface area contributed by atoms with Crippen LogP contribution in [0.1, 0.15) is 25.0 Å². The van der Waals surface area contributed by atoms with Crippen LogP contribution in [-0.2, 0) is 13.6 Å². The van der Waals surface area contributed by atoms with Crippen molar-refractivity contribution in [3.05, 3.63) is 35.7 Å². The fourth-order valence-electron chi connectivity index (χ4n) is 1.83. The Balaban J connectivity index is 2.10. The Hall–Kier alpha value is -1.84. The molecule has 6 heteroatoms. The minimum absolute atomic E-state index is 0.617. The zero-order valence-corrected chi connectivity index (χ0v) is 13.3. The summed E-state index contributed by atoms with van der Waals surface area (Å²) in [6, 6.07) is 8.22. The van der Waals surface area contributed by atoms with Gasteiger partial charge in [0.05, 0.1) is 5.56 Å². The van der Waals surface area contributed by atoms with Gasteiger partial charge in [0.2, 0.25) is 0 Å². The molecule has 0 radical (unpaired) electrons. The molecule has 0 aliphatic rings. The van der Waals surface area contributed by atoms with Crippen LogP contribution in [0.4, 0.5) is 0 Å². The standard InChI is InChI=1S/C15H19N5S/c1-11(2)8-17-9-12-4-5-14(13(6-12)7-16)21-15-19-18-10-20(15)3/h4-6,10-11,17H,8-9H2,1-3H3. The molecule has 0 unspecified atom stereocenters. The number of benzene rings is 1. The summed E-state index contributed by atoms with van der Waals surface area (Å²) >= 11 is 1.46. The number of rotatable bonds is 6. The number of nitrogens with zero attached hydrogens (tertiary/aromatic N) is 4. The SMILES string of the molecule is CC(C)CNCc1ccc(Sc2nncn2C)c(C#N)c1. The average molecular weight is 301 g/mol. The van der Waals surface area contributed by atoms with Gasteiger partial charge in [-0.1, -0.05) is 19.9 Å². The van der Waals surface area contributed by atoms with Crippen molar-refractivity contribution >= 4 is 11.8 Å². The van der Waals surface area contributed by atoms with Crippen LogP contribution in [0.5, 0.6) is 0 Å². The van der Waals surface area contributed by atoms with Crippen molar-refractivity contribution in [3.63, 3.8) is 0 Å². The summed E-state index contributed by atoms with van der Waals surface area (Å²) in [4.78, 5) is 0.904. The summed E-state index contributed by atoms with van der Waals surface area (Å²) < 4.78 is 1.84. The first-order valence-corrected chi connectivity index (χ1v) is 7.67. The van der Waals surface area contributed by atoms with Crippen molar-refractivity contribution in [2.45, 2.75) is 30.4 Å². The lowest BCUT2D eigenvalue weighted by molar-refractivity contribution is 0.552. The molecule has 1 N–H and O–H groups in total. The zero-order valence-electron chi connectivity index (χ0n) is 12.5. The van der Waals surface area contributed by atoms with E-state index in [1.807, 2.05) is 29.8 Å². The molecule has 0 aliphatic carbocycles. The minimum atomic E-state index is 0.617. The monoisotopic (exact) mass is 301 g/mol. The molecule has 1 heterocycles. The largest absolute Gasteiger partial charge is 0.312 e. The van der Waals surface area contributed by atoms with E-state index in [2.05, 4.69) is 35.4 Å². The van der Waals surface area contributed by atoms with E-state index in [4.69, 9.17) is 0 Å². The highest BCUT2D eigenvalue weighted by molar-refractivity contribution is 7.99. The molecule has 5 nitrogen and oxygen atoms in total. The van der Waals surface area contributed by atoms with Crippen molar-refractivity contribution in [3.8, 4) is 6.07 Å². The fourth-order valence-corrected chi connectivity index (χ4v) is 2.66. The van der Waals surface area contributed by atoms with E-state index in [-0.39, 0.29) is 0 Å². The van der Waals surface area contributed by atoms with Gasteiger partial charge in [0.25, 0.3) is 0 Å². The van der Waals surface area contributed by atoms with Crippen LogP contribution in [0.25, 0.3) is 0 Å². The molecule has 0 atom stereocenters. The summed E-state index contributed by atoms with van der Waals surface area (Å²) in [7, 11) is 1.89. The topological polar surface area (TPSA) is 66.5 Å². The van der Waals surface area contributed by atoms with E-state index in [1.54, 1.807) is 6.33 Å². The first kappa shape index (κ1) is 15.5. The molecule has 2 rings (SSSR count). The Morgan fingerprint density at radius 2 is 2.24 bits per heavy atom. The fraction of sp³-hybridized carbons (Fsp3) is 0.400. The van der Waals surface area contributed by atoms with Gasteiger partial charge >= 0.3 is 0 Å². The van der Waals surface area contributed by atoms with Gasteiger partial charge in [0.1, 0.15) is 12.4 Å². The van der Waals surface area contributed by atoms with Crippen molar-refractivity contribution in [2.24, 2.45) is 13.0 Å². The maximum atomic E-state index is 9.33. The molecule has 0 saturated carbocycles. The van der Waals surface area contributed by atoms with E-state index >= 15 is 0 Å². The van der Waals surface area contributed by atoms with Gasteiger partial charge in [-0.3, -0.25) is 0 Å². The number of aryl methyl sites for hydroxylation is 1. The summed E-state index contributed by atoms with van der Waals surface area (Å²) in [5.41, 5.74) is 1.79. The van der Waals surface area contributed by atoms with Gasteiger partial charge in [-0.05, 0) is 41.9 Å². The molecule has 1 aromatic heterocycles. The molecular formula is C15H19N5S. The quantitative estimate of drug-likeness (QED) is 0.888. The second-order valence-corrected chi connectivity index (χ2v) is 6.30. The van der Waals surface area contributed by atoms with Crippen LogP contribution in [-0.4, -0.2) is 21.3 Å². The van der Waals surface area contributed by atoms with Crippen molar-refractivity contribution in [1.29, 1.82) is 5.26 Å². The molecule has 0 saturated heterocycles. The lowest BCUT2D eigenvalue weighted by Crippen LogP contribution is -2.18. The molecule has 0 amide bonds. The van der Waals surface area contributed by atoms with Crippen LogP contribution in [0, 0.1) is 17.2 Å². The molecule has 110 valence electrons. The second-order valence-electron chi connectivity index (χ2n) is 5.29. The third-order valence-electron chi connectivity index (χ3n) is 2.92. The van der Waals surface area contributed by atoms with Crippen molar-refractivity contribution in [2.75, 3.05) is 6.54 Å².